The zero-order chi connectivity index (χ0) is 19.4. The second kappa shape index (κ2) is 8.20. The molecule has 0 spiro atoms. The van der Waals surface area contributed by atoms with Crippen molar-refractivity contribution in [2.24, 2.45) is 11.8 Å². The van der Waals surface area contributed by atoms with E-state index >= 15 is 0 Å². The summed E-state index contributed by atoms with van der Waals surface area (Å²) in [5.74, 6) is -0.0205. The molecule has 3 rings (SSSR count). The molecule has 0 amide bonds. The van der Waals surface area contributed by atoms with Crippen molar-refractivity contribution in [1.29, 1.82) is 0 Å². The average Bonchev–Trinajstić information content (AvgIpc) is 2.95. The Kier molecular flexibility index (Phi) is 5.73. The van der Waals surface area contributed by atoms with Crippen molar-refractivity contribution in [3.63, 3.8) is 0 Å². The van der Waals surface area contributed by atoms with Gasteiger partial charge in [0, 0.05) is 19.0 Å². The number of aromatic nitrogens is 1. The molecule has 0 aliphatic heterocycles. The van der Waals surface area contributed by atoms with Crippen LogP contribution in [0.2, 0.25) is 0 Å². The molecule has 0 saturated heterocycles. The van der Waals surface area contributed by atoms with E-state index in [2.05, 4.69) is 19.1 Å². The second-order valence-corrected chi connectivity index (χ2v) is 6.90. The number of hydrogen-bond acceptors (Lipinski definition) is 6. The lowest BCUT2D eigenvalue weighted by molar-refractivity contribution is -0.384. The van der Waals surface area contributed by atoms with Crippen LogP contribution in [0.15, 0.2) is 39.6 Å². The maximum Gasteiger partial charge on any atom is 0.419 e. The number of non-ortho nitro benzene ring substituents is 1. The van der Waals surface area contributed by atoms with Crippen LogP contribution < -0.4 is 5.76 Å². The maximum absolute atomic E-state index is 12.0. The third-order valence-electron chi connectivity index (χ3n) is 5.00. The number of benzene rings is 1. The Labute approximate surface area is 155 Å². The number of ether oxygens (including phenoxy) is 1. The molecule has 1 aromatic heterocycles. The lowest BCUT2D eigenvalue weighted by Gasteiger charge is -2.24. The summed E-state index contributed by atoms with van der Waals surface area (Å²) in [4.78, 5) is 34.2. The van der Waals surface area contributed by atoms with E-state index in [0.717, 1.165) is 12.8 Å². The first kappa shape index (κ1) is 18.9. The highest BCUT2D eigenvalue weighted by Crippen LogP contribution is 2.25. The van der Waals surface area contributed by atoms with Gasteiger partial charge in [0.1, 0.15) is 0 Å². The van der Waals surface area contributed by atoms with Gasteiger partial charge in [0.2, 0.25) is 0 Å². The van der Waals surface area contributed by atoms with Crippen LogP contribution in [0.5, 0.6) is 0 Å². The molecule has 8 nitrogen and oxygen atoms in total. The molecule has 27 heavy (non-hydrogen) atoms. The van der Waals surface area contributed by atoms with Crippen molar-refractivity contribution in [1.82, 2.24) is 4.57 Å². The van der Waals surface area contributed by atoms with E-state index in [1.807, 2.05) is 0 Å². The first-order valence-corrected chi connectivity index (χ1v) is 9.04. The Morgan fingerprint density at radius 3 is 2.89 bits per heavy atom. The van der Waals surface area contributed by atoms with Crippen molar-refractivity contribution in [3.05, 3.63) is 51.0 Å². The topological polar surface area (TPSA) is 105 Å². The Morgan fingerprint density at radius 2 is 2.15 bits per heavy atom. The normalized spacial score (nSPS) is 19.3. The summed E-state index contributed by atoms with van der Waals surface area (Å²) in [6, 6.07) is 4.03. The molecule has 0 saturated carbocycles. The summed E-state index contributed by atoms with van der Waals surface area (Å²) in [6.45, 7) is 2.85. The molecule has 2 unspecified atom stereocenters. The Balaban J connectivity index is 1.53. The zero-order valence-corrected chi connectivity index (χ0v) is 15.1. The van der Waals surface area contributed by atoms with Gasteiger partial charge < -0.3 is 9.15 Å². The highest BCUT2D eigenvalue weighted by molar-refractivity contribution is 5.75. The number of hydrogen-bond donors (Lipinski definition) is 0. The highest BCUT2D eigenvalue weighted by atomic mass is 16.6. The van der Waals surface area contributed by atoms with Crippen molar-refractivity contribution in [2.75, 3.05) is 6.61 Å². The van der Waals surface area contributed by atoms with Gasteiger partial charge in [-0.1, -0.05) is 19.1 Å². The molecule has 2 aromatic rings. The second-order valence-electron chi connectivity index (χ2n) is 6.90. The van der Waals surface area contributed by atoms with Crippen molar-refractivity contribution < 1.29 is 18.9 Å². The summed E-state index contributed by atoms with van der Waals surface area (Å²) in [5.41, 5.74) is 0.497. The van der Waals surface area contributed by atoms with Crippen molar-refractivity contribution in [3.8, 4) is 0 Å². The molecule has 8 heteroatoms. The lowest BCUT2D eigenvalue weighted by atomic mass is 9.85. The third-order valence-corrected chi connectivity index (χ3v) is 5.00. The summed E-state index contributed by atoms with van der Waals surface area (Å²) in [7, 11) is 0. The largest absolute Gasteiger partial charge is 0.465 e. The standard InChI is InChI=1S/C19H22N2O6/c1-13-5-2-3-6-14(13)12-26-18(22)7-4-10-20-16-9-8-15(21(24)25)11-17(16)27-19(20)23/h2-3,8-9,11,13-14H,4-7,10,12H2,1H3. The third kappa shape index (κ3) is 4.45. The van der Waals surface area contributed by atoms with Gasteiger partial charge in [-0.2, -0.15) is 0 Å². The minimum absolute atomic E-state index is 0.140. The number of carbonyl (C=O) groups is 1. The number of allylic oxidation sites excluding steroid dienone is 2. The van der Waals surface area contributed by atoms with E-state index < -0.39 is 10.7 Å². The molecule has 1 aromatic carbocycles. The van der Waals surface area contributed by atoms with E-state index in [-0.39, 0.29) is 30.2 Å². The van der Waals surface area contributed by atoms with Gasteiger partial charge in [-0.05, 0) is 37.2 Å². The summed E-state index contributed by atoms with van der Waals surface area (Å²) in [5, 5.41) is 10.8. The van der Waals surface area contributed by atoms with Gasteiger partial charge in [-0.3, -0.25) is 19.5 Å². The SMILES string of the molecule is CC1CC=CCC1COC(=O)CCCn1c(=O)oc2cc([N+](=O)[O-])ccc21. The van der Waals surface area contributed by atoms with Crippen LogP contribution in [0.4, 0.5) is 5.69 Å². The number of nitrogens with zero attached hydrogens (tertiary/aromatic N) is 2. The number of oxazole rings is 1. The highest BCUT2D eigenvalue weighted by Gasteiger charge is 2.20. The average molecular weight is 374 g/mol. The first-order chi connectivity index (χ1) is 13.0. The predicted molar refractivity (Wildman–Crippen MR) is 98.3 cm³/mol. The number of carbonyl (C=O) groups excluding carboxylic acids is 1. The lowest BCUT2D eigenvalue weighted by Crippen LogP contribution is -2.22. The number of esters is 1. The van der Waals surface area contributed by atoms with Crippen LogP contribution in [0.3, 0.4) is 0 Å². The molecule has 0 radical (unpaired) electrons. The van der Waals surface area contributed by atoms with E-state index in [9.17, 15) is 19.7 Å². The summed E-state index contributed by atoms with van der Waals surface area (Å²) in [6.07, 6.45) is 6.84. The van der Waals surface area contributed by atoms with Gasteiger partial charge >= 0.3 is 11.7 Å². The van der Waals surface area contributed by atoms with Crippen LogP contribution in [0, 0.1) is 22.0 Å². The number of nitro groups is 1. The minimum Gasteiger partial charge on any atom is -0.465 e. The van der Waals surface area contributed by atoms with Crippen molar-refractivity contribution >= 4 is 22.8 Å². The maximum atomic E-state index is 12.0. The van der Waals surface area contributed by atoms with E-state index in [4.69, 9.17) is 9.15 Å². The number of aryl methyl sites for hydroxylation is 1. The number of rotatable bonds is 7. The Bertz CT molecular complexity index is 926. The molecule has 1 heterocycles. The van der Waals surface area contributed by atoms with Crippen molar-refractivity contribution in [2.45, 2.75) is 39.2 Å². The Hall–Kier alpha value is -2.90. The van der Waals surface area contributed by atoms with Crippen LogP contribution in [0.1, 0.15) is 32.6 Å². The molecule has 144 valence electrons. The predicted octanol–water partition coefficient (Wildman–Crippen LogP) is 3.43. The molecule has 1 aliphatic carbocycles. The minimum atomic E-state index is -0.596. The van der Waals surface area contributed by atoms with Crippen LogP contribution >= 0.6 is 0 Å². The molecular formula is C19H22N2O6. The fourth-order valence-corrected chi connectivity index (χ4v) is 3.27. The smallest absolute Gasteiger partial charge is 0.419 e. The van der Waals surface area contributed by atoms with Gasteiger partial charge in [0.15, 0.2) is 5.58 Å². The van der Waals surface area contributed by atoms with Crippen LogP contribution in [-0.4, -0.2) is 22.1 Å². The van der Waals surface area contributed by atoms with Crippen LogP contribution in [0.25, 0.3) is 11.1 Å². The van der Waals surface area contributed by atoms with Gasteiger partial charge in [-0.15, -0.1) is 0 Å². The monoisotopic (exact) mass is 374 g/mol. The molecule has 0 fully saturated rings. The zero-order valence-electron chi connectivity index (χ0n) is 15.1. The van der Waals surface area contributed by atoms with Gasteiger partial charge in [0.05, 0.1) is 23.1 Å². The quantitative estimate of drug-likeness (QED) is 0.318. The first-order valence-electron chi connectivity index (χ1n) is 9.04. The summed E-state index contributed by atoms with van der Waals surface area (Å²) >= 11 is 0. The van der Waals surface area contributed by atoms with Crippen LogP contribution in [-0.2, 0) is 16.1 Å². The van der Waals surface area contributed by atoms with Gasteiger partial charge in [-0.25, -0.2) is 4.79 Å². The molecule has 0 N–H and O–H groups in total. The number of fused-ring (bicyclic) bond motifs is 1. The number of nitro benzene ring substituents is 1. The molecule has 1 aliphatic rings. The molecule has 0 bridgehead atoms. The fraction of sp³-hybridized carbons (Fsp3) is 0.474. The van der Waals surface area contributed by atoms with Gasteiger partial charge in [0.25, 0.3) is 5.69 Å². The van der Waals surface area contributed by atoms with E-state index in [1.54, 1.807) is 0 Å². The van der Waals surface area contributed by atoms with E-state index in [0.29, 0.717) is 30.4 Å². The Morgan fingerprint density at radius 1 is 1.37 bits per heavy atom. The fourth-order valence-electron chi connectivity index (χ4n) is 3.27. The molecule has 2 atom stereocenters. The molecular weight excluding hydrogens is 352 g/mol. The van der Waals surface area contributed by atoms with E-state index in [1.165, 1.54) is 22.8 Å². The summed E-state index contributed by atoms with van der Waals surface area (Å²) < 4.78 is 11.8.